The number of ketones is 1. The van der Waals surface area contributed by atoms with Crippen LogP contribution in [0.1, 0.15) is 29.6 Å². The monoisotopic (exact) mass is 386 g/mol. The minimum atomic E-state index is -0.496. The lowest BCUT2D eigenvalue weighted by Gasteiger charge is -2.05. The van der Waals surface area contributed by atoms with Gasteiger partial charge in [0, 0.05) is 22.9 Å². The van der Waals surface area contributed by atoms with E-state index >= 15 is 0 Å². The Labute approximate surface area is 159 Å². The van der Waals surface area contributed by atoms with Crippen molar-refractivity contribution in [1.29, 1.82) is 0 Å². The van der Waals surface area contributed by atoms with Crippen LogP contribution in [-0.2, 0) is 16.0 Å². The van der Waals surface area contributed by atoms with E-state index in [1.807, 2.05) is 23.8 Å². The molecule has 0 unspecified atom stereocenters. The van der Waals surface area contributed by atoms with Crippen molar-refractivity contribution in [2.45, 2.75) is 19.8 Å². The van der Waals surface area contributed by atoms with Crippen LogP contribution in [0.15, 0.2) is 45.6 Å². The van der Waals surface area contributed by atoms with E-state index in [1.54, 1.807) is 24.3 Å². The number of nitrogens with zero attached hydrogens (tertiary/aromatic N) is 2. The molecule has 0 aliphatic carbocycles. The first-order valence-electron chi connectivity index (χ1n) is 8.42. The molecule has 0 fully saturated rings. The van der Waals surface area contributed by atoms with Crippen molar-refractivity contribution in [3.05, 3.63) is 52.5 Å². The Bertz CT molecular complexity index is 887. The molecular weight excluding hydrogens is 368 g/mol. The lowest BCUT2D eigenvalue weighted by atomic mass is 10.1. The molecular formula is C19H18N2O5S. The van der Waals surface area contributed by atoms with Crippen LogP contribution in [0.4, 0.5) is 0 Å². The minimum Gasteiger partial charge on any atom is -0.494 e. The predicted octanol–water partition coefficient (Wildman–Crippen LogP) is 3.56. The molecule has 2 heterocycles. The Morgan fingerprint density at radius 1 is 1.19 bits per heavy atom. The smallest absolute Gasteiger partial charge is 0.306 e. The number of rotatable bonds is 9. The molecule has 0 saturated carbocycles. The van der Waals surface area contributed by atoms with Crippen molar-refractivity contribution in [3.8, 4) is 17.1 Å². The van der Waals surface area contributed by atoms with Gasteiger partial charge in [-0.25, -0.2) is 0 Å². The first kappa shape index (κ1) is 18.8. The summed E-state index contributed by atoms with van der Waals surface area (Å²) in [5, 5.41) is 7.71. The Hall–Kier alpha value is -3.00. The number of benzene rings is 1. The Morgan fingerprint density at radius 3 is 2.70 bits per heavy atom. The van der Waals surface area contributed by atoms with Crippen LogP contribution in [0.2, 0.25) is 0 Å². The average molecular weight is 386 g/mol. The summed E-state index contributed by atoms with van der Waals surface area (Å²) in [6.07, 6.45) is 0.315. The normalized spacial score (nSPS) is 10.6. The van der Waals surface area contributed by atoms with Gasteiger partial charge in [0.05, 0.1) is 13.0 Å². The number of aromatic nitrogens is 2. The van der Waals surface area contributed by atoms with Gasteiger partial charge < -0.3 is 14.0 Å². The molecule has 0 atom stereocenters. The largest absolute Gasteiger partial charge is 0.494 e. The number of hydrogen-bond donors (Lipinski definition) is 0. The summed E-state index contributed by atoms with van der Waals surface area (Å²) >= 11 is 1.54. The highest BCUT2D eigenvalue weighted by Gasteiger charge is 2.13. The maximum Gasteiger partial charge on any atom is 0.306 e. The van der Waals surface area contributed by atoms with Crippen molar-refractivity contribution in [2.24, 2.45) is 0 Å². The highest BCUT2D eigenvalue weighted by molar-refractivity contribution is 7.08. The van der Waals surface area contributed by atoms with E-state index in [0.29, 0.717) is 29.6 Å². The number of esters is 1. The van der Waals surface area contributed by atoms with Crippen molar-refractivity contribution >= 4 is 23.1 Å². The second kappa shape index (κ2) is 9.09. The van der Waals surface area contributed by atoms with Crippen molar-refractivity contribution < 1.29 is 23.6 Å². The third-order valence-corrected chi connectivity index (χ3v) is 4.33. The molecule has 0 N–H and O–H groups in total. The van der Waals surface area contributed by atoms with E-state index in [4.69, 9.17) is 14.0 Å². The zero-order valence-electron chi connectivity index (χ0n) is 14.7. The van der Waals surface area contributed by atoms with E-state index < -0.39 is 5.97 Å². The molecule has 1 aromatic carbocycles. The van der Waals surface area contributed by atoms with Gasteiger partial charge in [0.2, 0.25) is 11.7 Å². The van der Waals surface area contributed by atoms with Crippen LogP contribution in [-0.4, -0.2) is 35.1 Å². The van der Waals surface area contributed by atoms with E-state index in [-0.39, 0.29) is 25.2 Å². The molecule has 0 spiro atoms. The number of aryl methyl sites for hydroxylation is 1. The number of ether oxygens (including phenoxy) is 2. The number of hydrogen-bond acceptors (Lipinski definition) is 8. The molecule has 2 aromatic heterocycles. The summed E-state index contributed by atoms with van der Waals surface area (Å²) < 4.78 is 15.5. The fourth-order valence-electron chi connectivity index (χ4n) is 2.28. The molecule has 0 radical (unpaired) electrons. The third-order valence-electron chi connectivity index (χ3n) is 3.64. The molecule has 0 aliphatic heterocycles. The summed E-state index contributed by atoms with van der Waals surface area (Å²) in [7, 11) is 0. The summed E-state index contributed by atoms with van der Waals surface area (Å²) in [5.41, 5.74) is 1.34. The maximum absolute atomic E-state index is 12.1. The number of carbonyl (C=O) groups excluding carboxylic acids is 2. The maximum atomic E-state index is 12.1. The Kier molecular flexibility index (Phi) is 6.32. The van der Waals surface area contributed by atoms with E-state index in [9.17, 15) is 9.59 Å². The predicted molar refractivity (Wildman–Crippen MR) is 98.8 cm³/mol. The second-order valence-corrected chi connectivity index (χ2v) is 6.35. The standard InChI is InChI=1S/C19H18N2O5S/c1-2-24-15-5-3-13(4-6-15)16(22)11-25-18(23)8-7-17-20-19(21-26-17)14-9-10-27-12-14/h3-6,9-10,12H,2,7-8,11H2,1H3. The number of thiophene rings is 1. The minimum absolute atomic E-state index is 0.0574. The summed E-state index contributed by atoms with van der Waals surface area (Å²) in [6, 6.07) is 8.59. The lowest BCUT2D eigenvalue weighted by molar-refractivity contribution is -0.142. The van der Waals surface area contributed by atoms with Crippen LogP contribution in [0.3, 0.4) is 0 Å². The van der Waals surface area contributed by atoms with Gasteiger partial charge in [-0.15, -0.1) is 0 Å². The molecule has 140 valence electrons. The molecule has 8 heteroatoms. The first-order chi connectivity index (χ1) is 13.2. The SMILES string of the molecule is CCOc1ccc(C(=O)COC(=O)CCc2nc(-c3ccsc3)no2)cc1. The quantitative estimate of drug-likeness (QED) is 0.410. The Morgan fingerprint density at radius 2 is 2.00 bits per heavy atom. The summed E-state index contributed by atoms with van der Waals surface area (Å²) in [5.74, 6) is 0.761. The molecule has 0 amide bonds. The van der Waals surface area contributed by atoms with Gasteiger partial charge in [-0.2, -0.15) is 16.3 Å². The lowest BCUT2D eigenvalue weighted by Crippen LogP contribution is -2.14. The van der Waals surface area contributed by atoms with Crippen LogP contribution in [0.25, 0.3) is 11.4 Å². The summed E-state index contributed by atoms with van der Waals surface area (Å²) in [4.78, 5) is 28.1. The van der Waals surface area contributed by atoms with Gasteiger partial charge in [-0.3, -0.25) is 9.59 Å². The topological polar surface area (TPSA) is 91.5 Å². The zero-order valence-corrected chi connectivity index (χ0v) is 15.5. The highest BCUT2D eigenvalue weighted by atomic mass is 32.1. The zero-order chi connectivity index (χ0) is 19.1. The molecule has 0 aliphatic rings. The van der Waals surface area contributed by atoms with Crippen molar-refractivity contribution in [2.75, 3.05) is 13.2 Å². The van der Waals surface area contributed by atoms with Gasteiger partial charge in [0.15, 0.2) is 12.4 Å². The van der Waals surface area contributed by atoms with Gasteiger partial charge in [0.25, 0.3) is 0 Å². The Balaban J connectivity index is 1.43. The molecule has 27 heavy (non-hydrogen) atoms. The van der Waals surface area contributed by atoms with Crippen LogP contribution in [0, 0.1) is 0 Å². The number of carbonyl (C=O) groups is 2. The van der Waals surface area contributed by atoms with Gasteiger partial charge >= 0.3 is 5.97 Å². The van der Waals surface area contributed by atoms with E-state index in [1.165, 1.54) is 11.3 Å². The molecule has 0 saturated heterocycles. The molecule has 3 aromatic rings. The first-order valence-corrected chi connectivity index (χ1v) is 9.37. The van der Waals surface area contributed by atoms with Crippen LogP contribution in [0.5, 0.6) is 5.75 Å². The summed E-state index contributed by atoms with van der Waals surface area (Å²) in [6.45, 7) is 2.13. The third kappa shape index (κ3) is 5.24. The van der Waals surface area contributed by atoms with Gasteiger partial charge in [0.1, 0.15) is 5.75 Å². The fraction of sp³-hybridized carbons (Fsp3) is 0.263. The fourth-order valence-corrected chi connectivity index (χ4v) is 2.91. The number of Topliss-reactive ketones (excluding diaryl/α,β-unsaturated/α-hetero) is 1. The van der Waals surface area contributed by atoms with Gasteiger partial charge in [-0.05, 0) is 42.6 Å². The second-order valence-electron chi connectivity index (χ2n) is 5.56. The van der Waals surface area contributed by atoms with Crippen LogP contribution >= 0.6 is 11.3 Å². The highest BCUT2D eigenvalue weighted by Crippen LogP contribution is 2.19. The van der Waals surface area contributed by atoms with Crippen molar-refractivity contribution in [3.63, 3.8) is 0 Å². The molecule has 3 rings (SSSR count). The average Bonchev–Trinajstić information content (AvgIpc) is 3.37. The van der Waals surface area contributed by atoms with Crippen LogP contribution < -0.4 is 4.74 Å². The molecule has 0 bridgehead atoms. The molecule has 7 nitrogen and oxygen atoms in total. The van der Waals surface area contributed by atoms with E-state index in [2.05, 4.69) is 10.1 Å². The van der Waals surface area contributed by atoms with E-state index in [0.717, 1.165) is 5.56 Å². The van der Waals surface area contributed by atoms with Crippen molar-refractivity contribution in [1.82, 2.24) is 10.1 Å². The van der Waals surface area contributed by atoms with Gasteiger partial charge in [-0.1, -0.05) is 5.16 Å².